The van der Waals surface area contributed by atoms with Crippen LogP contribution in [0.5, 0.6) is 0 Å². The Morgan fingerprint density at radius 2 is 1.39 bits per heavy atom. The first kappa shape index (κ1) is 28.2. The van der Waals surface area contributed by atoms with Crippen LogP contribution in [0.3, 0.4) is 0 Å². The zero-order valence-corrected chi connectivity index (χ0v) is 23.6. The molecule has 6 nitrogen and oxygen atoms in total. The summed E-state index contributed by atoms with van der Waals surface area (Å²) in [6.45, 7) is 8.72. The Labute approximate surface area is 226 Å². The van der Waals surface area contributed by atoms with Crippen LogP contribution in [-0.2, 0) is 30.0 Å². The van der Waals surface area contributed by atoms with Gasteiger partial charge >= 0.3 is 5.97 Å². The molecule has 0 amide bonds. The maximum atomic E-state index is 11.8. The number of carbonyl (C=O) groups is 1. The zero-order valence-electron chi connectivity index (χ0n) is 22.6. The molecule has 3 aromatic carbocycles. The van der Waals surface area contributed by atoms with Gasteiger partial charge < -0.3 is 23.7 Å². The van der Waals surface area contributed by atoms with Crippen molar-refractivity contribution in [2.75, 3.05) is 6.61 Å². The third kappa shape index (κ3) is 6.25. The first-order chi connectivity index (χ1) is 18.2. The van der Waals surface area contributed by atoms with E-state index in [0.717, 1.165) is 5.56 Å². The Hall–Kier alpha value is -2.81. The second-order valence-corrected chi connectivity index (χ2v) is 15.0. The minimum Gasteiger partial charge on any atom is -0.454 e. The van der Waals surface area contributed by atoms with Gasteiger partial charge in [0.1, 0.15) is 6.10 Å². The Morgan fingerprint density at radius 1 is 0.868 bits per heavy atom. The molecule has 38 heavy (non-hydrogen) atoms. The van der Waals surface area contributed by atoms with Gasteiger partial charge in [0.05, 0.1) is 12.7 Å². The van der Waals surface area contributed by atoms with E-state index >= 15 is 0 Å². The zero-order chi connectivity index (χ0) is 27.2. The smallest absolute Gasteiger partial charge is 0.303 e. The summed E-state index contributed by atoms with van der Waals surface area (Å²) in [5.74, 6) is -0.491. The van der Waals surface area contributed by atoms with Gasteiger partial charge in [0.2, 0.25) is 0 Å². The Morgan fingerprint density at radius 3 is 1.89 bits per heavy atom. The van der Waals surface area contributed by atoms with E-state index in [4.69, 9.17) is 18.6 Å². The average molecular weight is 535 g/mol. The predicted molar refractivity (Wildman–Crippen MR) is 150 cm³/mol. The number of rotatable bonds is 10. The van der Waals surface area contributed by atoms with Crippen molar-refractivity contribution in [3.63, 3.8) is 0 Å². The van der Waals surface area contributed by atoms with Crippen molar-refractivity contribution < 1.29 is 28.5 Å². The quantitative estimate of drug-likeness (QED) is 0.311. The van der Waals surface area contributed by atoms with E-state index in [1.165, 1.54) is 17.3 Å². The van der Waals surface area contributed by atoms with Gasteiger partial charge in [-0.15, -0.1) is 0 Å². The molecular formula is C31H38O6Si. The lowest BCUT2D eigenvalue weighted by Crippen LogP contribution is -2.66. The number of esters is 1. The topological polar surface area (TPSA) is 74.2 Å². The summed E-state index contributed by atoms with van der Waals surface area (Å²) in [6, 6.07) is 30.7. The molecule has 1 aliphatic heterocycles. The number of hydrogen-bond acceptors (Lipinski definition) is 6. The molecule has 1 aliphatic rings. The molecule has 0 aromatic heterocycles. The lowest BCUT2D eigenvalue weighted by molar-refractivity contribution is -0.171. The second-order valence-electron chi connectivity index (χ2n) is 10.7. The lowest BCUT2D eigenvalue weighted by atomic mass is 10.1. The predicted octanol–water partition coefficient (Wildman–Crippen LogP) is 4.19. The molecule has 202 valence electrons. The number of aliphatic hydroxyl groups excluding tert-OH is 1. The monoisotopic (exact) mass is 534 g/mol. The normalized spacial score (nSPS) is 21.8. The maximum Gasteiger partial charge on any atom is 0.303 e. The summed E-state index contributed by atoms with van der Waals surface area (Å²) < 4.78 is 24.5. The molecule has 1 fully saturated rings. The van der Waals surface area contributed by atoms with Crippen molar-refractivity contribution in [3.8, 4) is 0 Å². The Bertz CT molecular complexity index is 1110. The van der Waals surface area contributed by atoms with Gasteiger partial charge in [0.15, 0.2) is 12.4 Å². The minimum atomic E-state index is -2.72. The molecule has 1 unspecified atom stereocenters. The van der Waals surface area contributed by atoms with Crippen LogP contribution >= 0.6 is 0 Å². The summed E-state index contributed by atoms with van der Waals surface area (Å²) in [6.07, 6.45) is -2.83. The van der Waals surface area contributed by atoms with Gasteiger partial charge in [0.25, 0.3) is 8.32 Å². The van der Waals surface area contributed by atoms with Gasteiger partial charge in [-0.25, -0.2) is 0 Å². The molecule has 0 spiro atoms. The molecule has 1 heterocycles. The standard InChI is InChI=1S/C31H38O6Si/c1-23(32)36-29-28(34-22-24-14-8-5-9-15-24)27(37-30(29)33)20-21-35-38(31(2,3)4,25-16-10-6-11-17-25)26-18-12-7-13-19-26/h5-19,27-30,33H,20-22H2,1-4H3/t27-,28-,29+,30?/m0/s1. The summed E-state index contributed by atoms with van der Waals surface area (Å²) in [4.78, 5) is 11.8. The Kier molecular flexibility index (Phi) is 9.18. The van der Waals surface area contributed by atoms with Gasteiger partial charge in [-0.2, -0.15) is 0 Å². The first-order valence-electron chi connectivity index (χ1n) is 13.1. The van der Waals surface area contributed by atoms with Gasteiger partial charge in [-0.1, -0.05) is 112 Å². The van der Waals surface area contributed by atoms with Crippen LogP contribution in [-0.4, -0.2) is 50.6 Å². The molecule has 0 bridgehead atoms. The second kappa shape index (κ2) is 12.4. The first-order valence-corrected chi connectivity index (χ1v) is 15.0. The number of benzene rings is 3. The average Bonchev–Trinajstić information content (AvgIpc) is 3.19. The largest absolute Gasteiger partial charge is 0.454 e. The highest BCUT2D eigenvalue weighted by Gasteiger charge is 2.51. The van der Waals surface area contributed by atoms with Crippen LogP contribution in [0, 0.1) is 0 Å². The Balaban J connectivity index is 1.57. The van der Waals surface area contributed by atoms with Crippen molar-refractivity contribution in [3.05, 3.63) is 96.6 Å². The van der Waals surface area contributed by atoms with E-state index in [-0.39, 0.29) is 5.04 Å². The number of carbonyl (C=O) groups excluding carboxylic acids is 1. The van der Waals surface area contributed by atoms with Crippen LogP contribution in [0.2, 0.25) is 5.04 Å². The van der Waals surface area contributed by atoms with Crippen LogP contribution in [0.15, 0.2) is 91.0 Å². The van der Waals surface area contributed by atoms with Gasteiger partial charge in [0, 0.05) is 13.5 Å². The maximum absolute atomic E-state index is 11.8. The molecular weight excluding hydrogens is 496 g/mol. The van der Waals surface area contributed by atoms with Crippen molar-refractivity contribution in [2.24, 2.45) is 0 Å². The fourth-order valence-corrected chi connectivity index (χ4v) is 9.90. The third-order valence-electron chi connectivity index (χ3n) is 7.01. The van der Waals surface area contributed by atoms with E-state index in [1.807, 2.05) is 42.5 Å². The lowest BCUT2D eigenvalue weighted by Gasteiger charge is -2.43. The summed E-state index contributed by atoms with van der Waals surface area (Å²) in [7, 11) is -2.72. The SMILES string of the molecule is CC(=O)O[C@H]1C(O)O[C@@H](CCO[Si](c2ccccc2)(c2ccccc2)C(C)(C)C)[C@@H]1OCc1ccccc1. The van der Waals surface area contributed by atoms with Crippen molar-refractivity contribution >= 4 is 24.7 Å². The molecule has 1 saturated heterocycles. The van der Waals surface area contributed by atoms with Crippen molar-refractivity contribution in [1.29, 1.82) is 0 Å². The van der Waals surface area contributed by atoms with E-state index in [9.17, 15) is 9.90 Å². The van der Waals surface area contributed by atoms with Gasteiger partial charge in [-0.3, -0.25) is 4.79 Å². The molecule has 4 atom stereocenters. The van der Waals surface area contributed by atoms with Crippen molar-refractivity contribution in [1.82, 2.24) is 0 Å². The number of hydrogen-bond donors (Lipinski definition) is 1. The molecule has 4 rings (SSSR count). The highest BCUT2D eigenvalue weighted by molar-refractivity contribution is 6.99. The third-order valence-corrected chi connectivity index (χ3v) is 12.1. The molecule has 0 radical (unpaired) electrons. The van der Waals surface area contributed by atoms with Crippen LogP contribution in [0.1, 0.15) is 39.7 Å². The minimum absolute atomic E-state index is 0.157. The van der Waals surface area contributed by atoms with Crippen LogP contribution in [0.4, 0.5) is 0 Å². The molecule has 7 heteroatoms. The van der Waals surface area contributed by atoms with Crippen LogP contribution in [0.25, 0.3) is 0 Å². The summed E-state index contributed by atoms with van der Waals surface area (Å²) in [5, 5.41) is 12.8. The fraction of sp³-hybridized carbons (Fsp3) is 0.387. The highest BCUT2D eigenvalue weighted by atomic mass is 28.4. The van der Waals surface area contributed by atoms with E-state index < -0.39 is 38.9 Å². The van der Waals surface area contributed by atoms with E-state index in [2.05, 4.69) is 69.3 Å². The number of ether oxygens (including phenoxy) is 3. The van der Waals surface area contributed by atoms with Gasteiger partial charge in [-0.05, 0) is 27.4 Å². The molecule has 3 aromatic rings. The summed E-state index contributed by atoms with van der Waals surface area (Å²) in [5.41, 5.74) is 0.984. The summed E-state index contributed by atoms with van der Waals surface area (Å²) >= 11 is 0. The molecule has 1 N–H and O–H groups in total. The fourth-order valence-electron chi connectivity index (χ4n) is 5.32. The number of aliphatic hydroxyl groups is 1. The highest BCUT2D eigenvalue weighted by Crippen LogP contribution is 2.37. The van der Waals surface area contributed by atoms with E-state index in [1.54, 1.807) is 0 Å². The van der Waals surface area contributed by atoms with Crippen LogP contribution < -0.4 is 10.4 Å². The molecule has 0 saturated carbocycles. The van der Waals surface area contributed by atoms with Crippen molar-refractivity contribution in [2.45, 2.75) is 70.4 Å². The van der Waals surface area contributed by atoms with E-state index in [0.29, 0.717) is 19.6 Å². The molecule has 0 aliphatic carbocycles.